The minimum absolute atomic E-state index is 0.0925. The molecule has 0 aromatic carbocycles. The zero-order chi connectivity index (χ0) is 10.9. The summed E-state index contributed by atoms with van der Waals surface area (Å²) in [5.74, 6) is -1.17. The van der Waals surface area contributed by atoms with Crippen molar-refractivity contribution in [1.82, 2.24) is 4.98 Å². The highest BCUT2D eigenvalue weighted by molar-refractivity contribution is 5.46. The quantitative estimate of drug-likeness (QED) is 0.768. The van der Waals surface area contributed by atoms with Gasteiger partial charge in [-0.05, 0) is 13.8 Å². The molecule has 0 aliphatic rings. The van der Waals surface area contributed by atoms with Crippen molar-refractivity contribution in [2.45, 2.75) is 20.2 Å². The third kappa shape index (κ3) is 2.27. The molecule has 0 aliphatic heterocycles. The van der Waals surface area contributed by atoms with E-state index in [0.717, 1.165) is 0 Å². The maximum absolute atomic E-state index is 11.9. The molecule has 0 unspecified atom stereocenters. The second-order valence-electron chi connectivity index (χ2n) is 2.75. The summed E-state index contributed by atoms with van der Waals surface area (Å²) in [6.07, 6.45) is -3.61. The Morgan fingerprint density at radius 3 is 2.43 bits per heavy atom. The maximum atomic E-state index is 11.9. The van der Waals surface area contributed by atoms with Gasteiger partial charge in [-0.1, -0.05) is 0 Å². The molecular weight excluding hydrogens is 199 g/mol. The van der Waals surface area contributed by atoms with Gasteiger partial charge in [-0.2, -0.15) is 0 Å². The average Bonchev–Trinajstić information content (AvgIpc) is 2.04. The minimum Gasteiger partial charge on any atom is -0.503 e. The summed E-state index contributed by atoms with van der Waals surface area (Å²) in [7, 11) is 0. The van der Waals surface area contributed by atoms with Crippen LogP contribution in [0.25, 0.3) is 0 Å². The van der Waals surface area contributed by atoms with Gasteiger partial charge in [0.2, 0.25) is 0 Å². The van der Waals surface area contributed by atoms with Crippen LogP contribution >= 0.6 is 0 Å². The van der Waals surface area contributed by atoms with E-state index in [1.54, 1.807) is 0 Å². The monoisotopic (exact) mass is 207 g/mol. The maximum Gasteiger partial charge on any atom is 0.573 e. The highest BCUT2D eigenvalue weighted by Gasteiger charge is 2.33. The number of rotatable bonds is 1. The van der Waals surface area contributed by atoms with Gasteiger partial charge in [-0.3, -0.25) is 4.98 Å². The second kappa shape index (κ2) is 3.36. The smallest absolute Gasteiger partial charge is 0.503 e. The van der Waals surface area contributed by atoms with Gasteiger partial charge in [0, 0.05) is 11.8 Å². The van der Waals surface area contributed by atoms with Crippen molar-refractivity contribution in [3.8, 4) is 11.5 Å². The lowest BCUT2D eigenvalue weighted by Gasteiger charge is -2.13. The first-order chi connectivity index (χ1) is 6.31. The summed E-state index contributed by atoms with van der Waals surface area (Å²) in [5.41, 5.74) is 0.222. The molecule has 0 atom stereocenters. The van der Waals surface area contributed by atoms with E-state index in [0.29, 0.717) is 0 Å². The molecule has 0 saturated heterocycles. The molecule has 0 aliphatic carbocycles. The van der Waals surface area contributed by atoms with Crippen LogP contribution in [0.15, 0.2) is 6.20 Å². The normalized spacial score (nSPS) is 11.5. The topological polar surface area (TPSA) is 42.4 Å². The molecule has 1 aromatic rings. The molecule has 6 heteroatoms. The largest absolute Gasteiger partial charge is 0.573 e. The Bertz CT molecular complexity index is 349. The number of nitrogens with zero attached hydrogens (tertiary/aromatic N) is 1. The number of hydrogen-bond acceptors (Lipinski definition) is 3. The number of pyridine rings is 1. The second-order valence-corrected chi connectivity index (χ2v) is 2.75. The zero-order valence-electron chi connectivity index (χ0n) is 7.51. The molecule has 0 fully saturated rings. The van der Waals surface area contributed by atoms with Gasteiger partial charge in [0.15, 0.2) is 11.5 Å². The Labute approximate surface area is 78.2 Å². The molecule has 3 nitrogen and oxygen atoms in total. The predicted octanol–water partition coefficient (Wildman–Crippen LogP) is 2.30. The van der Waals surface area contributed by atoms with Crippen LogP contribution in [0.4, 0.5) is 13.2 Å². The summed E-state index contributed by atoms with van der Waals surface area (Å²) in [4.78, 5) is 3.67. The number of aromatic hydroxyl groups is 1. The molecule has 14 heavy (non-hydrogen) atoms. The van der Waals surface area contributed by atoms with Gasteiger partial charge in [-0.15, -0.1) is 13.2 Å². The van der Waals surface area contributed by atoms with Crippen molar-refractivity contribution in [3.63, 3.8) is 0 Å². The number of hydrogen-bond donors (Lipinski definition) is 1. The molecule has 1 rings (SSSR count). The lowest BCUT2D eigenvalue weighted by atomic mass is 10.2. The van der Waals surface area contributed by atoms with E-state index in [1.165, 1.54) is 20.0 Å². The third-order valence-electron chi connectivity index (χ3n) is 1.59. The van der Waals surface area contributed by atoms with Crippen LogP contribution in [0.3, 0.4) is 0 Å². The van der Waals surface area contributed by atoms with Crippen molar-refractivity contribution in [2.24, 2.45) is 0 Å². The Morgan fingerprint density at radius 2 is 1.93 bits per heavy atom. The van der Waals surface area contributed by atoms with Crippen molar-refractivity contribution in [1.29, 1.82) is 0 Å². The number of aryl methyl sites for hydroxylation is 2. The predicted molar refractivity (Wildman–Crippen MR) is 42.1 cm³/mol. The molecule has 0 spiro atoms. The lowest BCUT2D eigenvalue weighted by molar-refractivity contribution is -0.275. The van der Waals surface area contributed by atoms with E-state index < -0.39 is 17.9 Å². The summed E-state index contributed by atoms with van der Waals surface area (Å²) in [6, 6.07) is 0. The Morgan fingerprint density at radius 1 is 1.36 bits per heavy atom. The summed E-state index contributed by atoms with van der Waals surface area (Å²) in [6.45, 7) is 2.76. The highest BCUT2D eigenvalue weighted by atomic mass is 19.4. The highest BCUT2D eigenvalue weighted by Crippen LogP contribution is 2.35. The number of aromatic nitrogens is 1. The van der Waals surface area contributed by atoms with E-state index in [9.17, 15) is 18.3 Å². The zero-order valence-corrected chi connectivity index (χ0v) is 7.51. The first-order valence-corrected chi connectivity index (χ1v) is 3.72. The van der Waals surface area contributed by atoms with Crippen molar-refractivity contribution in [2.75, 3.05) is 0 Å². The number of alkyl halides is 3. The summed E-state index contributed by atoms with van der Waals surface area (Å²) < 4.78 is 39.3. The Balaban J connectivity index is 3.13. The average molecular weight is 207 g/mol. The van der Waals surface area contributed by atoms with Gasteiger partial charge in [0.1, 0.15) is 0 Å². The summed E-state index contributed by atoms with van der Waals surface area (Å²) in [5, 5.41) is 9.25. The van der Waals surface area contributed by atoms with Crippen LogP contribution < -0.4 is 4.74 Å². The van der Waals surface area contributed by atoms with E-state index >= 15 is 0 Å². The van der Waals surface area contributed by atoms with Crippen molar-refractivity contribution >= 4 is 0 Å². The van der Waals surface area contributed by atoms with E-state index in [1.807, 2.05) is 0 Å². The SMILES string of the molecule is Cc1cnc(C)c(O)c1OC(F)(F)F. The van der Waals surface area contributed by atoms with Crippen LogP contribution in [0.1, 0.15) is 11.3 Å². The summed E-state index contributed by atoms with van der Waals surface area (Å²) >= 11 is 0. The van der Waals surface area contributed by atoms with Gasteiger partial charge >= 0.3 is 6.36 Å². The number of ether oxygens (including phenoxy) is 1. The molecule has 0 bridgehead atoms. The van der Waals surface area contributed by atoms with Crippen molar-refractivity contribution < 1.29 is 23.0 Å². The van der Waals surface area contributed by atoms with Crippen molar-refractivity contribution in [3.05, 3.63) is 17.5 Å². The fraction of sp³-hybridized carbons (Fsp3) is 0.375. The number of halogens is 3. The van der Waals surface area contributed by atoms with E-state index in [4.69, 9.17) is 0 Å². The van der Waals surface area contributed by atoms with Crippen LogP contribution in [0, 0.1) is 13.8 Å². The van der Waals surface area contributed by atoms with Crippen LogP contribution in [-0.2, 0) is 0 Å². The molecule has 78 valence electrons. The molecule has 1 N–H and O–H groups in total. The minimum atomic E-state index is -4.81. The molecule has 0 amide bonds. The van der Waals surface area contributed by atoms with E-state index in [2.05, 4.69) is 9.72 Å². The molecule has 0 saturated carbocycles. The molecule has 1 heterocycles. The molecule has 0 radical (unpaired) electrons. The van der Waals surface area contributed by atoms with Gasteiger partial charge in [0.05, 0.1) is 5.69 Å². The fourth-order valence-corrected chi connectivity index (χ4v) is 0.909. The van der Waals surface area contributed by atoms with Crippen LogP contribution in [0.5, 0.6) is 11.5 Å². The third-order valence-corrected chi connectivity index (χ3v) is 1.59. The first kappa shape index (κ1) is 10.6. The van der Waals surface area contributed by atoms with E-state index in [-0.39, 0.29) is 11.3 Å². The molecule has 1 aromatic heterocycles. The fourth-order valence-electron chi connectivity index (χ4n) is 0.909. The first-order valence-electron chi connectivity index (χ1n) is 3.72. The Kier molecular flexibility index (Phi) is 2.55. The lowest BCUT2D eigenvalue weighted by Crippen LogP contribution is -2.18. The Hall–Kier alpha value is -1.46. The standard InChI is InChI=1S/C8H8F3NO2/c1-4-3-12-5(2)6(13)7(4)14-8(9,10)11/h3,13H,1-2H3. The van der Waals surface area contributed by atoms with Gasteiger partial charge in [-0.25, -0.2) is 0 Å². The van der Waals surface area contributed by atoms with Crippen LogP contribution in [0.2, 0.25) is 0 Å². The van der Waals surface area contributed by atoms with Gasteiger partial charge < -0.3 is 9.84 Å². The molecular formula is C8H8F3NO2. The van der Waals surface area contributed by atoms with Crippen LogP contribution in [-0.4, -0.2) is 16.5 Å². The van der Waals surface area contributed by atoms with Gasteiger partial charge in [0.25, 0.3) is 0 Å².